The van der Waals surface area contributed by atoms with Crippen LogP contribution in [0.2, 0.25) is 10.0 Å². The number of nitrogens with zero attached hydrogens (tertiary/aromatic N) is 2. The highest BCUT2D eigenvalue weighted by atomic mass is 35.5. The number of rotatable bonds is 3. The van der Waals surface area contributed by atoms with E-state index in [4.69, 9.17) is 27.9 Å². The third-order valence-corrected chi connectivity index (χ3v) is 3.72. The molecular weight excluding hydrogens is 325 g/mol. The molecule has 1 aromatic heterocycles. The Bertz CT molecular complexity index is 866. The van der Waals surface area contributed by atoms with Crippen molar-refractivity contribution < 1.29 is 4.74 Å². The first-order valence-corrected chi connectivity index (χ1v) is 7.31. The fraction of sp³-hybridized carbons (Fsp3) is 0.267. The fourth-order valence-electron chi connectivity index (χ4n) is 1.90. The van der Waals surface area contributed by atoms with Crippen molar-refractivity contribution in [3.8, 4) is 5.75 Å². The summed E-state index contributed by atoms with van der Waals surface area (Å²) in [5, 5.41) is 4.98. The van der Waals surface area contributed by atoms with Gasteiger partial charge in [0.15, 0.2) is 0 Å². The summed E-state index contributed by atoms with van der Waals surface area (Å²) in [4.78, 5) is 13.8. The van der Waals surface area contributed by atoms with Gasteiger partial charge in [0.1, 0.15) is 17.4 Å². The number of hydrogen-bond donors (Lipinski definition) is 1. The summed E-state index contributed by atoms with van der Waals surface area (Å²) in [5.74, 6) is 0.476. The van der Waals surface area contributed by atoms with Gasteiger partial charge in [-0.2, -0.15) is 0 Å². The molecule has 0 spiro atoms. The summed E-state index contributed by atoms with van der Waals surface area (Å²) in [6.45, 7) is 1.86. The van der Waals surface area contributed by atoms with E-state index in [1.165, 1.54) is 10.9 Å². The van der Waals surface area contributed by atoms with E-state index < -0.39 is 0 Å². The SMILES string of the molecule is Cc1cc(O/C=c2\[nH]n(C)c(=O)c2=CN(C)C)c(Cl)cc1Cl. The summed E-state index contributed by atoms with van der Waals surface area (Å²) in [5.41, 5.74) is 0.720. The maximum absolute atomic E-state index is 12.1. The molecule has 0 radical (unpaired) electrons. The van der Waals surface area contributed by atoms with Crippen molar-refractivity contribution in [1.82, 2.24) is 14.7 Å². The molecule has 22 heavy (non-hydrogen) atoms. The molecule has 0 aliphatic heterocycles. The maximum atomic E-state index is 12.1. The van der Waals surface area contributed by atoms with Gasteiger partial charge in [-0.15, -0.1) is 0 Å². The maximum Gasteiger partial charge on any atom is 0.275 e. The first kappa shape index (κ1) is 16.5. The monoisotopic (exact) mass is 341 g/mol. The van der Waals surface area contributed by atoms with Gasteiger partial charge in [-0.1, -0.05) is 23.2 Å². The lowest BCUT2D eigenvalue weighted by Gasteiger charge is -2.05. The third kappa shape index (κ3) is 3.48. The Labute approximate surface area is 138 Å². The van der Waals surface area contributed by atoms with E-state index in [2.05, 4.69) is 5.10 Å². The zero-order valence-corrected chi connectivity index (χ0v) is 14.3. The lowest BCUT2D eigenvalue weighted by atomic mass is 10.2. The lowest BCUT2D eigenvalue weighted by Crippen LogP contribution is -2.36. The van der Waals surface area contributed by atoms with Crippen LogP contribution < -0.4 is 20.9 Å². The van der Waals surface area contributed by atoms with Gasteiger partial charge in [-0.3, -0.25) is 14.6 Å². The minimum Gasteiger partial charge on any atom is -0.461 e. The summed E-state index contributed by atoms with van der Waals surface area (Å²) < 4.78 is 7.00. The zero-order valence-electron chi connectivity index (χ0n) is 12.8. The molecule has 5 nitrogen and oxygen atoms in total. The number of H-pyrrole nitrogens is 1. The van der Waals surface area contributed by atoms with Crippen LogP contribution in [0.5, 0.6) is 5.75 Å². The van der Waals surface area contributed by atoms with Crippen LogP contribution in [0, 0.1) is 6.92 Å². The fourth-order valence-corrected chi connectivity index (χ4v) is 2.33. The molecule has 7 heteroatoms. The van der Waals surface area contributed by atoms with Crippen LogP contribution in [0.4, 0.5) is 0 Å². The van der Waals surface area contributed by atoms with Crippen LogP contribution in [0.15, 0.2) is 16.9 Å². The predicted molar refractivity (Wildman–Crippen MR) is 89.7 cm³/mol. The van der Waals surface area contributed by atoms with Crippen molar-refractivity contribution in [2.75, 3.05) is 14.1 Å². The molecule has 0 fully saturated rings. The van der Waals surface area contributed by atoms with Crippen molar-refractivity contribution in [1.29, 1.82) is 0 Å². The number of aromatic amines is 1. The Morgan fingerprint density at radius 1 is 1.27 bits per heavy atom. The van der Waals surface area contributed by atoms with E-state index in [1.54, 1.807) is 30.3 Å². The summed E-state index contributed by atoms with van der Waals surface area (Å²) in [6.07, 6.45) is 3.19. The second-order valence-corrected chi connectivity index (χ2v) is 5.98. The van der Waals surface area contributed by atoms with Crippen molar-refractivity contribution in [3.63, 3.8) is 0 Å². The molecule has 0 saturated heterocycles. The number of aryl methyl sites for hydroxylation is 2. The van der Waals surface area contributed by atoms with Crippen LogP contribution in [-0.2, 0) is 7.05 Å². The van der Waals surface area contributed by atoms with Gasteiger partial charge in [-0.05, 0) is 24.6 Å². The highest BCUT2D eigenvalue weighted by Crippen LogP contribution is 2.30. The first-order valence-electron chi connectivity index (χ1n) is 6.55. The van der Waals surface area contributed by atoms with Gasteiger partial charge >= 0.3 is 0 Å². The van der Waals surface area contributed by atoms with Crippen molar-refractivity contribution in [2.24, 2.45) is 7.05 Å². The molecule has 1 N–H and O–H groups in total. The van der Waals surface area contributed by atoms with Crippen molar-refractivity contribution >= 4 is 35.7 Å². The van der Waals surface area contributed by atoms with Crippen LogP contribution in [0.3, 0.4) is 0 Å². The number of ether oxygens (including phenoxy) is 1. The first-order chi connectivity index (χ1) is 10.3. The van der Waals surface area contributed by atoms with Gasteiger partial charge in [0.05, 0.1) is 10.2 Å². The Morgan fingerprint density at radius 2 is 1.95 bits per heavy atom. The summed E-state index contributed by atoms with van der Waals surface area (Å²) in [6, 6.07) is 3.37. The van der Waals surface area contributed by atoms with E-state index >= 15 is 0 Å². The number of hydrogen-bond acceptors (Lipinski definition) is 3. The number of nitrogens with one attached hydrogen (secondary N) is 1. The molecule has 0 aliphatic carbocycles. The van der Waals surface area contributed by atoms with Crippen LogP contribution in [0.25, 0.3) is 12.5 Å². The lowest BCUT2D eigenvalue weighted by molar-refractivity contribution is 0.536. The molecule has 0 unspecified atom stereocenters. The molecule has 2 rings (SSSR count). The van der Waals surface area contributed by atoms with Crippen LogP contribution in [-0.4, -0.2) is 28.8 Å². The van der Waals surface area contributed by atoms with Gasteiger partial charge in [-0.25, -0.2) is 0 Å². The number of benzene rings is 1. The van der Waals surface area contributed by atoms with E-state index in [9.17, 15) is 4.79 Å². The molecule has 1 heterocycles. The average Bonchev–Trinajstić information content (AvgIpc) is 2.69. The average molecular weight is 342 g/mol. The van der Waals surface area contributed by atoms with Gasteiger partial charge in [0, 0.05) is 32.4 Å². The minimum absolute atomic E-state index is 0.137. The second-order valence-electron chi connectivity index (χ2n) is 5.16. The van der Waals surface area contributed by atoms with Crippen molar-refractivity contribution in [2.45, 2.75) is 6.92 Å². The van der Waals surface area contributed by atoms with E-state index in [1.807, 2.05) is 21.0 Å². The van der Waals surface area contributed by atoms with Gasteiger partial charge < -0.3 is 9.64 Å². The van der Waals surface area contributed by atoms with E-state index in [0.29, 0.717) is 26.4 Å². The minimum atomic E-state index is -0.137. The standard InChI is InChI=1S/C15H17Cl2N3O2/c1-9-5-14(12(17)6-11(9)16)22-8-13-10(7-19(2)3)15(21)20(4)18-13/h5-8,18H,1-4H3/b10-7?,13-8-. The highest BCUT2D eigenvalue weighted by molar-refractivity contribution is 6.36. The Kier molecular flexibility index (Phi) is 4.88. The molecule has 0 amide bonds. The second kappa shape index (κ2) is 6.50. The van der Waals surface area contributed by atoms with Crippen molar-refractivity contribution in [3.05, 3.63) is 48.7 Å². The summed E-state index contributed by atoms with van der Waals surface area (Å²) >= 11 is 12.1. The molecule has 0 aliphatic rings. The highest BCUT2D eigenvalue weighted by Gasteiger charge is 2.06. The number of halogens is 2. The summed E-state index contributed by atoms with van der Waals surface area (Å²) in [7, 11) is 5.33. The smallest absolute Gasteiger partial charge is 0.275 e. The Hall–Kier alpha value is -1.85. The molecular formula is C15H17Cl2N3O2. The van der Waals surface area contributed by atoms with Crippen LogP contribution >= 0.6 is 23.2 Å². The predicted octanol–water partition coefficient (Wildman–Crippen LogP) is 1.45. The largest absolute Gasteiger partial charge is 0.461 e. The zero-order chi connectivity index (χ0) is 16.4. The van der Waals surface area contributed by atoms with Gasteiger partial charge in [0.25, 0.3) is 5.56 Å². The quantitative estimate of drug-likeness (QED) is 0.919. The molecule has 0 bridgehead atoms. The van der Waals surface area contributed by atoms with Gasteiger partial charge in [0.2, 0.25) is 0 Å². The number of aromatic nitrogens is 2. The molecule has 1 aromatic carbocycles. The molecule has 0 atom stereocenters. The normalized spacial score (nSPS) is 12.8. The topological polar surface area (TPSA) is 50.3 Å². The Morgan fingerprint density at radius 3 is 2.59 bits per heavy atom. The third-order valence-electron chi connectivity index (χ3n) is 3.02. The van der Waals surface area contributed by atoms with Crippen LogP contribution in [0.1, 0.15) is 5.56 Å². The Balaban J connectivity index is 2.50. The molecule has 2 aromatic rings. The van der Waals surface area contributed by atoms with E-state index in [0.717, 1.165) is 5.56 Å². The molecule has 118 valence electrons. The molecule has 0 saturated carbocycles. The van der Waals surface area contributed by atoms with E-state index in [-0.39, 0.29) is 5.56 Å².